The van der Waals surface area contributed by atoms with Gasteiger partial charge in [0.2, 0.25) is 12.7 Å². The molecule has 0 unspecified atom stereocenters. The maximum absolute atomic E-state index is 12.2. The van der Waals surface area contributed by atoms with Gasteiger partial charge in [-0.1, -0.05) is 24.6 Å². The molecule has 0 saturated heterocycles. The van der Waals surface area contributed by atoms with Gasteiger partial charge in [0.25, 0.3) is 0 Å². The number of aliphatic imine (C=N–C) groups is 1. The minimum Gasteiger partial charge on any atom is -0.454 e. The quantitative estimate of drug-likeness (QED) is 0.262. The second kappa shape index (κ2) is 11.9. The molecule has 2 aromatic carbocycles. The molecule has 0 aromatic heterocycles. The van der Waals surface area contributed by atoms with Crippen molar-refractivity contribution in [2.45, 2.75) is 39.2 Å². The van der Waals surface area contributed by atoms with E-state index in [1.807, 2.05) is 43.3 Å². The number of halogens is 1. The largest absolute Gasteiger partial charge is 0.454 e. The van der Waals surface area contributed by atoms with Crippen LogP contribution in [0.15, 0.2) is 47.5 Å². The molecule has 0 atom stereocenters. The zero-order chi connectivity index (χ0) is 21.5. The smallest absolute Gasteiger partial charge is 0.231 e. The van der Waals surface area contributed by atoms with E-state index in [1.165, 1.54) is 5.56 Å². The van der Waals surface area contributed by atoms with Crippen molar-refractivity contribution in [1.82, 2.24) is 10.6 Å². The number of amides is 1. The van der Waals surface area contributed by atoms with Gasteiger partial charge >= 0.3 is 0 Å². The molecule has 32 heavy (non-hydrogen) atoms. The Morgan fingerprint density at radius 3 is 2.69 bits per heavy atom. The number of hydrogen-bond donors (Lipinski definition) is 3. The molecule has 2 aromatic rings. The summed E-state index contributed by atoms with van der Waals surface area (Å²) in [6.07, 6.45) is 4.00. The Morgan fingerprint density at radius 1 is 1.06 bits per heavy atom. The van der Waals surface area contributed by atoms with Crippen LogP contribution in [0.3, 0.4) is 0 Å². The van der Waals surface area contributed by atoms with Gasteiger partial charge in [-0.3, -0.25) is 4.79 Å². The van der Waals surface area contributed by atoms with Gasteiger partial charge in [-0.15, -0.1) is 24.0 Å². The van der Waals surface area contributed by atoms with Gasteiger partial charge in [0.15, 0.2) is 17.5 Å². The molecule has 0 spiro atoms. The molecular formula is C24H31IN4O3. The fraction of sp³-hybridized carbons (Fsp3) is 0.417. The zero-order valence-electron chi connectivity index (χ0n) is 18.4. The molecule has 0 bridgehead atoms. The number of hydrogen-bond acceptors (Lipinski definition) is 4. The van der Waals surface area contributed by atoms with Gasteiger partial charge in [0, 0.05) is 24.7 Å². The molecule has 1 amide bonds. The van der Waals surface area contributed by atoms with E-state index >= 15 is 0 Å². The number of carbonyl (C=O) groups excluding carboxylic acids is 1. The SMILES string of the molecule is CCNC(=NCc1cccc(NC(=O)C2CCC2)c1)NCCc1ccc2c(c1)OCO2.I. The molecule has 2 aliphatic rings. The van der Waals surface area contributed by atoms with E-state index in [0.717, 1.165) is 67.5 Å². The van der Waals surface area contributed by atoms with Gasteiger partial charge < -0.3 is 25.4 Å². The van der Waals surface area contributed by atoms with E-state index in [2.05, 4.69) is 22.0 Å². The van der Waals surface area contributed by atoms with Gasteiger partial charge in [-0.2, -0.15) is 0 Å². The summed E-state index contributed by atoms with van der Waals surface area (Å²) in [6, 6.07) is 13.9. The molecule has 8 heteroatoms. The third kappa shape index (κ3) is 6.51. The lowest BCUT2D eigenvalue weighted by Gasteiger charge is -2.24. The predicted octanol–water partition coefficient (Wildman–Crippen LogP) is 4.07. The highest BCUT2D eigenvalue weighted by Gasteiger charge is 2.25. The minimum atomic E-state index is 0. The molecule has 1 heterocycles. The zero-order valence-corrected chi connectivity index (χ0v) is 20.7. The number of anilines is 1. The van der Waals surface area contributed by atoms with Crippen LogP contribution in [0, 0.1) is 5.92 Å². The van der Waals surface area contributed by atoms with E-state index < -0.39 is 0 Å². The molecule has 0 radical (unpaired) electrons. The minimum absolute atomic E-state index is 0. The van der Waals surface area contributed by atoms with Crippen molar-refractivity contribution in [3.05, 3.63) is 53.6 Å². The lowest BCUT2D eigenvalue weighted by molar-refractivity contribution is -0.122. The van der Waals surface area contributed by atoms with Crippen LogP contribution < -0.4 is 25.4 Å². The fourth-order valence-electron chi connectivity index (χ4n) is 3.60. The molecule has 172 valence electrons. The maximum Gasteiger partial charge on any atom is 0.231 e. The predicted molar refractivity (Wildman–Crippen MR) is 137 cm³/mol. The van der Waals surface area contributed by atoms with Crippen LogP contribution in [-0.2, 0) is 17.8 Å². The van der Waals surface area contributed by atoms with Crippen LogP contribution in [0.25, 0.3) is 0 Å². The number of ether oxygens (including phenoxy) is 2. The van der Waals surface area contributed by atoms with E-state index in [-0.39, 0.29) is 35.8 Å². The van der Waals surface area contributed by atoms with Crippen LogP contribution in [0.2, 0.25) is 0 Å². The second-order valence-corrected chi connectivity index (χ2v) is 7.88. The van der Waals surface area contributed by atoms with Gasteiger partial charge in [0.05, 0.1) is 6.54 Å². The van der Waals surface area contributed by atoms with E-state index in [9.17, 15) is 4.79 Å². The maximum atomic E-state index is 12.2. The number of fused-ring (bicyclic) bond motifs is 1. The van der Waals surface area contributed by atoms with Crippen molar-refractivity contribution in [3.63, 3.8) is 0 Å². The number of benzene rings is 2. The number of rotatable bonds is 8. The lowest BCUT2D eigenvalue weighted by atomic mass is 9.85. The number of guanidine groups is 1. The van der Waals surface area contributed by atoms with Gasteiger partial charge in [0.1, 0.15) is 0 Å². The van der Waals surface area contributed by atoms with Crippen molar-refractivity contribution in [1.29, 1.82) is 0 Å². The van der Waals surface area contributed by atoms with Crippen molar-refractivity contribution >= 4 is 41.5 Å². The lowest BCUT2D eigenvalue weighted by Crippen LogP contribution is -2.38. The molecule has 1 aliphatic carbocycles. The molecule has 1 saturated carbocycles. The third-order valence-corrected chi connectivity index (χ3v) is 5.58. The summed E-state index contributed by atoms with van der Waals surface area (Å²) in [6.45, 7) is 4.41. The average Bonchev–Trinajstić information content (AvgIpc) is 3.19. The molecule has 1 fully saturated rings. The number of nitrogens with zero attached hydrogens (tertiary/aromatic N) is 1. The van der Waals surface area contributed by atoms with E-state index in [0.29, 0.717) is 13.3 Å². The molecule has 4 rings (SSSR count). The Labute approximate surface area is 206 Å². The van der Waals surface area contributed by atoms with Gasteiger partial charge in [-0.25, -0.2) is 4.99 Å². The van der Waals surface area contributed by atoms with Crippen molar-refractivity contribution in [2.75, 3.05) is 25.2 Å². The molecule has 1 aliphatic heterocycles. The topological polar surface area (TPSA) is 84.0 Å². The first-order chi connectivity index (χ1) is 15.2. The Hall–Kier alpha value is -2.49. The first kappa shape index (κ1) is 24.2. The van der Waals surface area contributed by atoms with Crippen molar-refractivity contribution in [2.24, 2.45) is 10.9 Å². The standard InChI is InChI=1S/C24H30N4O3.HI/c1-2-25-24(26-12-11-17-9-10-21-22(14-17)31-16-30-21)27-15-18-5-3-8-20(13-18)28-23(29)19-6-4-7-19;/h3,5,8-10,13-14,19H,2,4,6-7,11-12,15-16H2,1H3,(H,28,29)(H2,25,26,27);1H. The Kier molecular flexibility index (Phi) is 9.01. The van der Waals surface area contributed by atoms with Crippen molar-refractivity contribution < 1.29 is 14.3 Å². The highest BCUT2D eigenvalue weighted by Crippen LogP contribution is 2.32. The molecular weight excluding hydrogens is 519 g/mol. The summed E-state index contributed by atoms with van der Waals surface area (Å²) in [4.78, 5) is 16.9. The fourth-order valence-corrected chi connectivity index (χ4v) is 3.60. The van der Waals surface area contributed by atoms with Gasteiger partial charge in [-0.05, 0) is 61.6 Å². The molecule has 3 N–H and O–H groups in total. The first-order valence-electron chi connectivity index (χ1n) is 11.0. The summed E-state index contributed by atoms with van der Waals surface area (Å²) < 4.78 is 10.8. The van der Waals surface area contributed by atoms with E-state index in [4.69, 9.17) is 14.5 Å². The highest BCUT2D eigenvalue weighted by molar-refractivity contribution is 14.0. The first-order valence-corrected chi connectivity index (χ1v) is 11.0. The summed E-state index contributed by atoms with van der Waals surface area (Å²) in [5.41, 5.74) is 3.08. The Morgan fingerprint density at radius 2 is 1.91 bits per heavy atom. The summed E-state index contributed by atoms with van der Waals surface area (Å²) in [5.74, 6) is 2.69. The molecule has 7 nitrogen and oxygen atoms in total. The second-order valence-electron chi connectivity index (χ2n) is 7.88. The Bertz CT molecular complexity index is 947. The van der Waals surface area contributed by atoms with Crippen LogP contribution in [0.5, 0.6) is 11.5 Å². The summed E-state index contributed by atoms with van der Waals surface area (Å²) in [7, 11) is 0. The monoisotopic (exact) mass is 550 g/mol. The van der Waals surface area contributed by atoms with Crippen molar-refractivity contribution in [3.8, 4) is 11.5 Å². The summed E-state index contributed by atoms with van der Waals surface area (Å²) in [5, 5.41) is 9.69. The highest BCUT2D eigenvalue weighted by atomic mass is 127. The third-order valence-electron chi connectivity index (χ3n) is 5.58. The summed E-state index contributed by atoms with van der Waals surface area (Å²) >= 11 is 0. The Balaban J connectivity index is 0.00000289. The average molecular weight is 550 g/mol. The van der Waals surface area contributed by atoms with Crippen LogP contribution in [-0.4, -0.2) is 31.7 Å². The van der Waals surface area contributed by atoms with E-state index in [1.54, 1.807) is 0 Å². The van der Waals surface area contributed by atoms with Crippen LogP contribution in [0.1, 0.15) is 37.3 Å². The van der Waals surface area contributed by atoms with Crippen LogP contribution in [0.4, 0.5) is 5.69 Å². The number of nitrogens with one attached hydrogen (secondary N) is 3. The van der Waals surface area contributed by atoms with Crippen LogP contribution >= 0.6 is 24.0 Å². The normalized spacial score (nSPS) is 14.8. The number of carbonyl (C=O) groups is 1.